The highest BCUT2D eigenvalue weighted by atomic mass is 32.2. The molecule has 0 spiro atoms. The number of nitriles is 1. The van der Waals surface area contributed by atoms with Gasteiger partial charge in [-0.2, -0.15) is 5.26 Å². The van der Waals surface area contributed by atoms with Gasteiger partial charge in [-0.1, -0.05) is 0 Å². The Labute approximate surface area is 157 Å². The monoisotopic (exact) mass is 386 g/mol. The lowest BCUT2D eigenvalue weighted by molar-refractivity contribution is 0.357. The minimum Gasteiger partial charge on any atom is -0.480 e. The highest BCUT2D eigenvalue weighted by Crippen LogP contribution is 2.45. The van der Waals surface area contributed by atoms with E-state index in [0.717, 1.165) is 24.8 Å². The largest absolute Gasteiger partial charge is 0.480 e. The van der Waals surface area contributed by atoms with Crippen molar-refractivity contribution in [2.24, 2.45) is 0 Å². The molecule has 2 aliphatic rings. The van der Waals surface area contributed by atoms with Crippen molar-refractivity contribution in [3.8, 4) is 23.5 Å². The van der Waals surface area contributed by atoms with Crippen LogP contribution >= 0.6 is 0 Å². The fourth-order valence-electron chi connectivity index (χ4n) is 3.30. The average Bonchev–Trinajstić information content (AvgIpc) is 3.50. The van der Waals surface area contributed by atoms with Crippen molar-refractivity contribution in [2.45, 2.75) is 36.8 Å². The van der Waals surface area contributed by atoms with Gasteiger partial charge >= 0.3 is 0 Å². The van der Waals surface area contributed by atoms with E-state index in [4.69, 9.17) is 10.00 Å². The van der Waals surface area contributed by atoms with Gasteiger partial charge in [-0.15, -0.1) is 0 Å². The molecule has 0 radical (unpaired) electrons. The summed E-state index contributed by atoms with van der Waals surface area (Å²) >= 11 is 0. The van der Waals surface area contributed by atoms with Crippen LogP contribution in [0.2, 0.25) is 0 Å². The Bertz CT molecular complexity index is 1060. The molecular formula is C17H18N6O3S. The van der Waals surface area contributed by atoms with Gasteiger partial charge in [0.1, 0.15) is 11.9 Å². The first-order chi connectivity index (χ1) is 12.9. The summed E-state index contributed by atoms with van der Waals surface area (Å²) < 4.78 is 30.2. The van der Waals surface area contributed by atoms with Gasteiger partial charge in [0.05, 0.1) is 25.0 Å². The van der Waals surface area contributed by atoms with E-state index in [9.17, 15) is 8.42 Å². The van der Waals surface area contributed by atoms with Gasteiger partial charge in [-0.25, -0.2) is 28.4 Å². The molecule has 1 aliphatic heterocycles. The number of methoxy groups -OCH3 is 1. The highest BCUT2D eigenvalue weighted by molar-refractivity contribution is 7.90. The van der Waals surface area contributed by atoms with Crippen molar-refractivity contribution in [3.05, 3.63) is 23.3 Å². The third kappa shape index (κ3) is 3.19. The molecule has 1 fully saturated rings. The minimum absolute atomic E-state index is 0.0462. The Morgan fingerprint density at radius 3 is 2.70 bits per heavy atom. The van der Waals surface area contributed by atoms with Crippen LogP contribution in [0.3, 0.4) is 0 Å². The molecule has 2 aromatic rings. The first-order valence-electron chi connectivity index (χ1n) is 8.56. The molecule has 3 heterocycles. The van der Waals surface area contributed by atoms with Crippen LogP contribution in [-0.2, 0) is 22.8 Å². The maximum absolute atomic E-state index is 12.4. The number of aromatic nitrogens is 4. The summed E-state index contributed by atoms with van der Waals surface area (Å²) in [4.78, 5) is 19.1. The number of nitrogens with zero attached hydrogens (tertiary/aromatic N) is 6. The predicted octanol–water partition coefficient (Wildman–Crippen LogP) is 1.06. The lowest BCUT2D eigenvalue weighted by Crippen LogP contribution is -2.29. The molecule has 4 rings (SSSR count). The number of hydrogen-bond acceptors (Lipinski definition) is 9. The van der Waals surface area contributed by atoms with Crippen molar-refractivity contribution < 1.29 is 13.2 Å². The average molecular weight is 386 g/mol. The van der Waals surface area contributed by atoms with E-state index in [1.807, 2.05) is 0 Å². The number of rotatable bonds is 4. The molecule has 9 nitrogen and oxygen atoms in total. The number of ether oxygens (including phenoxy) is 1. The Kier molecular flexibility index (Phi) is 4.19. The Morgan fingerprint density at radius 1 is 1.30 bits per heavy atom. The second-order valence-electron chi connectivity index (χ2n) is 6.74. The standard InChI is InChI=1S/C17H18N6O3S/c1-26-16-13(14(10-3-4-10)19-9-20-16)15-21-12-5-6-23(8-18)7-11(12)17(22-15)27(2,24)25/h9-10H,3-7H2,1-2H3. The number of hydrogen-bond donors (Lipinski definition) is 0. The Morgan fingerprint density at radius 2 is 2.07 bits per heavy atom. The van der Waals surface area contributed by atoms with Gasteiger partial charge in [0.2, 0.25) is 5.88 Å². The van der Waals surface area contributed by atoms with Gasteiger partial charge in [0, 0.05) is 30.7 Å². The zero-order valence-electron chi connectivity index (χ0n) is 15.0. The second-order valence-corrected chi connectivity index (χ2v) is 8.67. The molecule has 1 aliphatic carbocycles. The molecule has 0 atom stereocenters. The highest BCUT2D eigenvalue weighted by Gasteiger charge is 2.33. The van der Waals surface area contributed by atoms with Crippen molar-refractivity contribution in [2.75, 3.05) is 19.9 Å². The quantitative estimate of drug-likeness (QED) is 0.560. The number of sulfone groups is 1. The molecule has 0 bridgehead atoms. The van der Waals surface area contributed by atoms with Crippen LogP contribution in [0.5, 0.6) is 5.88 Å². The van der Waals surface area contributed by atoms with Crippen LogP contribution in [0.4, 0.5) is 0 Å². The van der Waals surface area contributed by atoms with E-state index in [1.165, 1.54) is 18.3 Å². The maximum atomic E-state index is 12.4. The van der Waals surface area contributed by atoms with Gasteiger partial charge in [-0.3, -0.25) is 0 Å². The van der Waals surface area contributed by atoms with E-state index in [2.05, 4.69) is 26.1 Å². The molecule has 0 unspecified atom stereocenters. The summed E-state index contributed by atoms with van der Waals surface area (Å²) in [7, 11) is -2.11. The van der Waals surface area contributed by atoms with Crippen molar-refractivity contribution in [1.29, 1.82) is 5.26 Å². The summed E-state index contributed by atoms with van der Waals surface area (Å²) in [6, 6.07) is 0. The summed E-state index contributed by atoms with van der Waals surface area (Å²) in [5, 5.41) is 9.12. The second kappa shape index (κ2) is 6.42. The van der Waals surface area contributed by atoms with E-state index in [1.54, 1.807) is 0 Å². The Hall–Kier alpha value is -2.80. The fourth-order valence-corrected chi connectivity index (χ4v) is 4.18. The Balaban J connectivity index is 1.96. The molecule has 10 heteroatoms. The van der Waals surface area contributed by atoms with Crippen LogP contribution in [0.25, 0.3) is 11.4 Å². The van der Waals surface area contributed by atoms with Crippen LogP contribution in [-0.4, -0.2) is 53.2 Å². The first-order valence-corrected chi connectivity index (χ1v) is 10.4. The molecule has 0 N–H and O–H groups in total. The summed E-state index contributed by atoms with van der Waals surface area (Å²) in [6.07, 6.45) is 7.10. The van der Waals surface area contributed by atoms with Crippen molar-refractivity contribution in [1.82, 2.24) is 24.8 Å². The van der Waals surface area contributed by atoms with Crippen molar-refractivity contribution >= 4 is 9.84 Å². The van der Waals surface area contributed by atoms with E-state index >= 15 is 0 Å². The van der Waals surface area contributed by atoms with E-state index < -0.39 is 9.84 Å². The molecule has 140 valence electrons. The number of fused-ring (bicyclic) bond motifs is 1. The van der Waals surface area contributed by atoms with E-state index in [0.29, 0.717) is 35.7 Å². The first kappa shape index (κ1) is 17.6. The summed E-state index contributed by atoms with van der Waals surface area (Å²) in [5.74, 6) is 0.881. The molecule has 2 aromatic heterocycles. The fraction of sp³-hybridized carbons (Fsp3) is 0.471. The molecule has 0 saturated heterocycles. The zero-order chi connectivity index (χ0) is 19.2. The van der Waals surface area contributed by atoms with Crippen LogP contribution in [0.15, 0.2) is 11.4 Å². The van der Waals surface area contributed by atoms with E-state index in [-0.39, 0.29) is 23.3 Å². The van der Waals surface area contributed by atoms with Crippen LogP contribution in [0, 0.1) is 11.5 Å². The normalized spacial score (nSPS) is 16.6. The lowest BCUT2D eigenvalue weighted by atomic mass is 10.1. The summed E-state index contributed by atoms with van der Waals surface area (Å²) in [6.45, 7) is 0.674. The third-order valence-electron chi connectivity index (χ3n) is 4.74. The third-order valence-corrected chi connectivity index (χ3v) is 5.78. The van der Waals surface area contributed by atoms with Gasteiger partial charge in [0.25, 0.3) is 0 Å². The SMILES string of the molecule is COc1ncnc(C2CC2)c1-c1nc2c(c(S(C)(=O)=O)n1)CN(C#N)CC2. The smallest absolute Gasteiger partial charge is 0.227 e. The van der Waals surface area contributed by atoms with Crippen molar-refractivity contribution in [3.63, 3.8) is 0 Å². The minimum atomic E-state index is -3.61. The molecule has 0 aromatic carbocycles. The molecular weight excluding hydrogens is 368 g/mol. The predicted molar refractivity (Wildman–Crippen MR) is 94.4 cm³/mol. The lowest BCUT2D eigenvalue weighted by Gasteiger charge is -2.25. The van der Waals surface area contributed by atoms with Gasteiger partial charge in [-0.05, 0) is 12.8 Å². The van der Waals surface area contributed by atoms with Crippen LogP contribution < -0.4 is 4.74 Å². The molecule has 27 heavy (non-hydrogen) atoms. The summed E-state index contributed by atoms with van der Waals surface area (Å²) in [5.41, 5.74) is 2.46. The topological polar surface area (TPSA) is 122 Å². The zero-order valence-corrected chi connectivity index (χ0v) is 15.8. The molecule has 1 saturated carbocycles. The van der Waals surface area contributed by atoms with Gasteiger partial charge < -0.3 is 9.64 Å². The molecule has 0 amide bonds. The van der Waals surface area contributed by atoms with Gasteiger partial charge in [0.15, 0.2) is 26.9 Å². The van der Waals surface area contributed by atoms with Crippen LogP contribution in [0.1, 0.15) is 35.7 Å². The maximum Gasteiger partial charge on any atom is 0.227 e.